The number of Topliss-reactive ketones (excluding diaryl/α,β-unsaturated/α-hetero) is 1. The van der Waals surface area contributed by atoms with Crippen molar-refractivity contribution >= 4 is 24.1 Å². The van der Waals surface area contributed by atoms with Gasteiger partial charge < -0.3 is 15.0 Å². The lowest BCUT2D eigenvalue weighted by Gasteiger charge is -2.29. The number of hydrogen-bond donors (Lipinski definition) is 1. The zero-order chi connectivity index (χ0) is 14.5. The highest BCUT2D eigenvalue weighted by Crippen LogP contribution is 2.16. The maximum absolute atomic E-state index is 12.2. The van der Waals surface area contributed by atoms with Crippen molar-refractivity contribution in [3.8, 4) is 5.75 Å². The van der Waals surface area contributed by atoms with Crippen LogP contribution in [-0.4, -0.2) is 48.9 Å². The fourth-order valence-corrected chi connectivity index (χ4v) is 2.19. The molecule has 1 atom stereocenters. The molecule has 1 saturated heterocycles. The quantitative estimate of drug-likeness (QED) is 0.856. The summed E-state index contributed by atoms with van der Waals surface area (Å²) in [7, 11) is 0. The average molecular weight is 313 g/mol. The Morgan fingerprint density at radius 2 is 1.95 bits per heavy atom. The van der Waals surface area contributed by atoms with Crippen molar-refractivity contribution in [3.63, 3.8) is 0 Å². The van der Waals surface area contributed by atoms with Gasteiger partial charge in [-0.2, -0.15) is 0 Å². The number of carbonyl (C=O) groups is 2. The van der Waals surface area contributed by atoms with Gasteiger partial charge in [-0.3, -0.25) is 9.59 Å². The van der Waals surface area contributed by atoms with Gasteiger partial charge in [-0.25, -0.2) is 0 Å². The summed E-state index contributed by atoms with van der Waals surface area (Å²) in [5.74, 6) is 0.518. The molecule has 1 N–H and O–H groups in total. The van der Waals surface area contributed by atoms with E-state index in [1.54, 1.807) is 36.1 Å². The van der Waals surface area contributed by atoms with E-state index in [4.69, 9.17) is 4.74 Å². The van der Waals surface area contributed by atoms with E-state index >= 15 is 0 Å². The third-order valence-electron chi connectivity index (χ3n) is 3.33. The molecule has 6 heteroatoms. The number of hydrogen-bond acceptors (Lipinski definition) is 4. The molecule has 1 fully saturated rings. The molecule has 1 heterocycles. The van der Waals surface area contributed by atoms with Crippen LogP contribution in [0.25, 0.3) is 0 Å². The van der Waals surface area contributed by atoms with Gasteiger partial charge in [0.2, 0.25) is 0 Å². The minimum atomic E-state index is -0.546. The topological polar surface area (TPSA) is 58.6 Å². The van der Waals surface area contributed by atoms with Gasteiger partial charge >= 0.3 is 0 Å². The number of ketones is 1. The minimum Gasteiger partial charge on any atom is -0.481 e. The first-order valence-corrected chi connectivity index (χ1v) is 6.85. The van der Waals surface area contributed by atoms with Crippen LogP contribution in [0.15, 0.2) is 24.3 Å². The summed E-state index contributed by atoms with van der Waals surface area (Å²) in [5, 5.41) is 3.21. The fraction of sp³-hybridized carbons (Fsp3) is 0.467. The van der Waals surface area contributed by atoms with Gasteiger partial charge in [0.05, 0.1) is 0 Å². The maximum Gasteiger partial charge on any atom is 0.263 e. The zero-order valence-electron chi connectivity index (χ0n) is 12.3. The van der Waals surface area contributed by atoms with Gasteiger partial charge in [0.25, 0.3) is 5.91 Å². The van der Waals surface area contributed by atoms with Crippen molar-refractivity contribution < 1.29 is 14.3 Å². The zero-order valence-corrected chi connectivity index (χ0v) is 13.1. The lowest BCUT2D eigenvalue weighted by atomic mass is 10.1. The maximum atomic E-state index is 12.2. The molecule has 1 aromatic carbocycles. The number of nitrogens with zero attached hydrogens (tertiary/aromatic N) is 1. The number of carbonyl (C=O) groups excluding carboxylic acids is 2. The molecule has 0 saturated carbocycles. The SMILES string of the molecule is CC(=O)c1cccc(OC(C)C(=O)N2CCNCC2)c1.Cl. The van der Waals surface area contributed by atoms with Crippen LogP contribution in [0.2, 0.25) is 0 Å². The molecule has 0 spiro atoms. The Morgan fingerprint density at radius 3 is 2.57 bits per heavy atom. The molecule has 1 aliphatic heterocycles. The number of benzene rings is 1. The van der Waals surface area contributed by atoms with Crippen molar-refractivity contribution in [1.29, 1.82) is 0 Å². The molecule has 0 bridgehead atoms. The summed E-state index contributed by atoms with van der Waals surface area (Å²) in [4.78, 5) is 25.4. The van der Waals surface area contributed by atoms with Gasteiger partial charge in [0.15, 0.2) is 11.9 Å². The highest BCUT2D eigenvalue weighted by atomic mass is 35.5. The Morgan fingerprint density at radius 1 is 1.29 bits per heavy atom. The van der Waals surface area contributed by atoms with Gasteiger partial charge in [-0.1, -0.05) is 12.1 Å². The molecular weight excluding hydrogens is 292 g/mol. The third-order valence-corrected chi connectivity index (χ3v) is 3.33. The molecule has 1 aliphatic rings. The van der Waals surface area contributed by atoms with Crippen molar-refractivity contribution in [2.24, 2.45) is 0 Å². The van der Waals surface area contributed by atoms with Crippen molar-refractivity contribution in [2.75, 3.05) is 26.2 Å². The summed E-state index contributed by atoms with van der Waals surface area (Å²) < 4.78 is 5.66. The van der Waals surface area contributed by atoms with E-state index in [0.29, 0.717) is 24.4 Å². The number of amides is 1. The molecule has 116 valence electrons. The second kappa shape index (κ2) is 8.00. The largest absolute Gasteiger partial charge is 0.481 e. The molecule has 1 aromatic rings. The van der Waals surface area contributed by atoms with E-state index in [1.165, 1.54) is 6.92 Å². The molecule has 0 aromatic heterocycles. The third kappa shape index (κ3) is 4.72. The fourth-order valence-electron chi connectivity index (χ4n) is 2.19. The van der Waals surface area contributed by atoms with E-state index in [0.717, 1.165) is 13.1 Å². The number of nitrogens with one attached hydrogen (secondary N) is 1. The summed E-state index contributed by atoms with van der Waals surface area (Å²) in [5.41, 5.74) is 0.587. The van der Waals surface area contributed by atoms with E-state index in [-0.39, 0.29) is 24.1 Å². The van der Waals surface area contributed by atoms with Crippen LogP contribution in [0.1, 0.15) is 24.2 Å². The van der Waals surface area contributed by atoms with Gasteiger partial charge in [0.1, 0.15) is 5.75 Å². The monoisotopic (exact) mass is 312 g/mol. The van der Waals surface area contributed by atoms with Crippen LogP contribution in [0.5, 0.6) is 5.75 Å². The molecule has 5 nitrogen and oxygen atoms in total. The van der Waals surface area contributed by atoms with Crippen LogP contribution >= 0.6 is 12.4 Å². The standard InChI is InChI=1S/C15H20N2O3.ClH/c1-11(18)13-4-3-5-14(10-13)20-12(2)15(19)17-8-6-16-7-9-17;/h3-5,10,12,16H,6-9H2,1-2H3;1H. The first-order chi connectivity index (χ1) is 9.58. The van der Waals surface area contributed by atoms with Gasteiger partial charge in [-0.05, 0) is 26.0 Å². The highest BCUT2D eigenvalue weighted by molar-refractivity contribution is 5.94. The van der Waals surface area contributed by atoms with Crippen molar-refractivity contribution in [2.45, 2.75) is 20.0 Å². The highest BCUT2D eigenvalue weighted by Gasteiger charge is 2.23. The molecular formula is C15H21ClN2O3. The van der Waals surface area contributed by atoms with Crippen LogP contribution < -0.4 is 10.1 Å². The number of rotatable bonds is 4. The Balaban J connectivity index is 0.00000220. The van der Waals surface area contributed by atoms with Crippen molar-refractivity contribution in [1.82, 2.24) is 10.2 Å². The average Bonchev–Trinajstić information content (AvgIpc) is 2.47. The second-order valence-electron chi connectivity index (χ2n) is 4.92. The normalized spacial score (nSPS) is 15.8. The lowest BCUT2D eigenvalue weighted by molar-refractivity contribution is -0.138. The number of ether oxygens (including phenoxy) is 1. The predicted molar refractivity (Wildman–Crippen MR) is 83.2 cm³/mol. The van der Waals surface area contributed by atoms with Crippen LogP contribution in [0.3, 0.4) is 0 Å². The number of halogens is 1. The Kier molecular flexibility index (Phi) is 6.65. The Hall–Kier alpha value is -1.59. The van der Waals surface area contributed by atoms with E-state index < -0.39 is 6.10 Å². The minimum absolute atomic E-state index is 0. The molecule has 0 radical (unpaired) electrons. The van der Waals surface area contributed by atoms with Crippen molar-refractivity contribution in [3.05, 3.63) is 29.8 Å². The molecule has 1 amide bonds. The molecule has 2 rings (SSSR count). The van der Waals surface area contributed by atoms with E-state index in [1.807, 2.05) is 0 Å². The molecule has 1 unspecified atom stereocenters. The Bertz CT molecular complexity index is 501. The summed E-state index contributed by atoms with van der Waals surface area (Å²) in [6.07, 6.45) is -0.546. The molecule has 21 heavy (non-hydrogen) atoms. The van der Waals surface area contributed by atoms with E-state index in [9.17, 15) is 9.59 Å². The van der Waals surface area contributed by atoms with Crippen LogP contribution in [0, 0.1) is 0 Å². The second-order valence-corrected chi connectivity index (χ2v) is 4.92. The van der Waals surface area contributed by atoms with Crippen LogP contribution in [0.4, 0.5) is 0 Å². The first kappa shape index (κ1) is 17.5. The number of piperazine rings is 1. The smallest absolute Gasteiger partial charge is 0.263 e. The summed E-state index contributed by atoms with van der Waals surface area (Å²) >= 11 is 0. The Labute approximate surface area is 131 Å². The summed E-state index contributed by atoms with van der Waals surface area (Å²) in [6, 6.07) is 6.92. The molecule has 0 aliphatic carbocycles. The van der Waals surface area contributed by atoms with E-state index in [2.05, 4.69) is 5.32 Å². The summed E-state index contributed by atoms with van der Waals surface area (Å²) in [6.45, 7) is 6.30. The van der Waals surface area contributed by atoms with Gasteiger partial charge in [-0.15, -0.1) is 12.4 Å². The van der Waals surface area contributed by atoms with Gasteiger partial charge in [0, 0.05) is 31.7 Å². The predicted octanol–water partition coefficient (Wildman–Crippen LogP) is 1.51. The van der Waals surface area contributed by atoms with Crippen LogP contribution in [-0.2, 0) is 4.79 Å². The lowest BCUT2D eigenvalue weighted by Crippen LogP contribution is -2.50. The first-order valence-electron chi connectivity index (χ1n) is 6.85.